The zero-order chi connectivity index (χ0) is 13.7. The van der Waals surface area contributed by atoms with Gasteiger partial charge in [0.2, 0.25) is 5.91 Å². The molecular weight excluding hydrogens is 256 g/mol. The van der Waals surface area contributed by atoms with Gasteiger partial charge in [-0.2, -0.15) is 0 Å². The first-order valence-electron chi connectivity index (χ1n) is 5.42. The number of aliphatic carboxylic acids is 1. The molecule has 1 atom stereocenters. The summed E-state index contributed by atoms with van der Waals surface area (Å²) in [6.07, 6.45) is 0. The number of carboxylic acids is 1. The molecule has 0 saturated carbocycles. The van der Waals surface area contributed by atoms with E-state index in [-0.39, 0.29) is 12.5 Å². The normalized spacial score (nSPS) is 11.9. The van der Waals surface area contributed by atoms with Crippen molar-refractivity contribution in [3.8, 4) is 0 Å². The molecule has 3 N–H and O–H groups in total. The Morgan fingerprint density at radius 2 is 2.11 bits per heavy atom. The lowest BCUT2D eigenvalue weighted by Gasteiger charge is -2.11. The molecule has 0 aliphatic rings. The van der Waals surface area contributed by atoms with E-state index < -0.39 is 12.0 Å². The van der Waals surface area contributed by atoms with E-state index in [1.54, 1.807) is 18.2 Å². The van der Waals surface area contributed by atoms with Crippen molar-refractivity contribution in [3.05, 3.63) is 28.8 Å². The van der Waals surface area contributed by atoms with Crippen molar-refractivity contribution in [2.45, 2.75) is 19.9 Å². The van der Waals surface area contributed by atoms with Crippen LogP contribution >= 0.6 is 11.6 Å². The Balaban J connectivity index is 2.52. The van der Waals surface area contributed by atoms with Crippen LogP contribution in [0.25, 0.3) is 0 Å². The molecule has 0 spiro atoms. The van der Waals surface area contributed by atoms with Crippen molar-refractivity contribution in [1.82, 2.24) is 5.32 Å². The van der Waals surface area contributed by atoms with Gasteiger partial charge in [-0.1, -0.05) is 11.6 Å². The number of carbonyl (C=O) groups excluding carboxylic acids is 1. The minimum absolute atomic E-state index is 0.0600. The minimum atomic E-state index is -0.995. The van der Waals surface area contributed by atoms with Crippen LogP contribution in [0.4, 0.5) is 5.69 Å². The number of carbonyl (C=O) groups is 2. The van der Waals surface area contributed by atoms with Gasteiger partial charge in [0.1, 0.15) is 6.04 Å². The Morgan fingerprint density at radius 3 is 2.67 bits per heavy atom. The van der Waals surface area contributed by atoms with Crippen molar-refractivity contribution < 1.29 is 14.7 Å². The molecule has 0 aliphatic carbocycles. The lowest BCUT2D eigenvalue weighted by Crippen LogP contribution is -2.39. The van der Waals surface area contributed by atoms with E-state index in [1.807, 2.05) is 6.92 Å². The molecular formula is C12H15ClN2O3. The van der Waals surface area contributed by atoms with Crippen LogP contribution in [-0.2, 0) is 9.59 Å². The van der Waals surface area contributed by atoms with E-state index in [0.717, 1.165) is 5.56 Å². The molecule has 98 valence electrons. The summed E-state index contributed by atoms with van der Waals surface area (Å²) in [5.41, 5.74) is 1.51. The smallest absolute Gasteiger partial charge is 0.320 e. The Hall–Kier alpha value is -1.59. The third kappa shape index (κ3) is 4.35. The summed E-state index contributed by atoms with van der Waals surface area (Å²) in [6.45, 7) is 3.24. The Kier molecular flexibility index (Phi) is 5.12. The van der Waals surface area contributed by atoms with Crippen LogP contribution in [0.1, 0.15) is 12.5 Å². The third-order valence-corrected chi connectivity index (χ3v) is 2.64. The van der Waals surface area contributed by atoms with Crippen molar-refractivity contribution in [1.29, 1.82) is 0 Å². The molecule has 0 unspecified atom stereocenters. The van der Waals surface area contributed by atoms with E-state index in [0.29, 0.717) is 10.7 Å². The molecule has 18 heavy (non-hydrogen) atoms. The van der Waals surface area contributed by atoms with Gasteiger partial charge in [-0.15, -0.1) is 0 Å². The number of hydrogen-bond acceptors (Lipinski definition) is 3. The number of rotatable bonds is 5. The Labute approximate surface area is 110 Å². The van der Waals surface area contributed by atoms with Gasteiger partial charge in [-0.25, -0.2) is 0 Å². The highest BCUT2D eigenvalue weighted by atomic mass is 35.5. The Bertz CT molecular complexity index is 463. The van der Waals surface area contributed by atoms with Gasteiger partial charge in [0.15, 0.2) is 0 Å². The highest BCUT2D eigenvalue weighted by molar-refractivity contribution is 6.30. The number of halogens is 1. The summed E-state index contributed by atoms with van der Waals surface area (Å²) in [5, 5.41) is 14.5. The van der Waals surface area contributed by atoms with Crippen LogP contribution in [0.2, 0.25) is 5.02 Å². The molecule has 1 aromatic rings. The van der Waals surface area contributed by atoms with Crippen LogP contribution < -0.4 is 10.6 Å². The summed E-state index contributed by atoms with van der Waals surface area (Å²) >= 11 is 5.80. The highest BCUT2D eigenvalue weighted by Gasteiger charge is 2.12. The molecule has 0 heterocycles. The largest absolute Gasteiger partial charge is 0.480 e. The second-order valence-corrected chi connectivity index (χ2v) is 4.38. The van der Waals surface area contributed by atoms with Gasteiger partial charge in [-0.3, -0.25) is 14.9 Å². The van der Waals surface area contributed by atoms with Gasteiger partial charge in [-0.05, 0) is 37.6 Å². The number of nitrogens with one attached hydrogen (secondary N) is 2. The average Bonchev–Trinajstić information content (AvgIpc) is 2.29. The molecule has 0 fully saturated rings. The Morgan fingerprint density at radius 1 is 1.44 bits per heavy atom. The first-order valence-corrected chi connectivity index (χ1v) is 5.80. The first-order chi connectivity index (χ1) is 8.40. The molecule has 1 amide bonds. The summed E-state index contributed by atoms with van der Waals surface area (Å²) in [6, 6.07) is 4.36. The maximum Gasteiger partial charge on any atom is 0.320 e. The molecule has 0 saturated heterocycles. The third-order valence-electron chi connectivity index (χ3n) is 2.40. The molecule has 0 radical (unpaired) electrons. The fourth-order valence-electron chi connectivity index (χ4n) is 1.29. The van der Waals surface area contributed by atoms with E-state index in [4.69, 9.17) is 16.7 Å². The SMILES string of the molecule is Cc1cc(Cl)ccc1NC(=O)CN[C@H](C)C(=O)O. The maximum absolute atomic E-state index is 11.6. The maximum atomic E-state index is 11.6. The van der Waals surface area contributed by atoms with Crippen LogP contribution in [-0.4, -0.2) is 29.6 Å². The quantitative estimate of drug-likeness (QED) is 0.760. The zero-order valence-corrected chi connectivity index (χ0v) is 10.9. The lowest BCUT2D eigenvalue weighted by molar-refractivity contribution is -0.139. The lowest BCUT2D eigenvalue weighted by atomic mass is 10.2. The molecule has 0 aromatic heterocycles. The van der Waals surface area contributed by atoms with Crippen molar-refractivity contribution in [2.75, 3.05) is 11.9 Å². The number of carboxylic acid groups (broad SMARTS) is 1. The predicted molar refractivity (Wildman–Crippen MR) is 69.9 cm³/mol. The molecule has 5 nitrogen and oxygen atoms in total. The van der Waals surface area contributed by atoms with E-state index >= 15 is 0 Å². The van der Waals surface area contributed by atoms with Gasteiger partial charge >= 0.3 is 5.97 Å². The van der Waals surface area contributed by atoms with Crippen molar-refractivity contribution >= 4 is 29.2 Å². The highest BCUT2D eigenvalue weighted by Crippen LogP contribution is 2.19. The summed E-state index contributed by atoms with van der Waals surface area (Å²) in [7, 11) is 0. The van der Waals surface area contributed by atoms with Crippen molar-refractivity contribution in [2.24, 2.45) is 0 Å². The van der Waals surface area contributed by atoms with Crippen LogP contribution in [0, 0.1) is 6.92 Å². The zero-order valence-electron chi connectivity index (χ0n) is 10.2. The number of hydrogen-bond donors (Lipinski definition) is 3. The number of benzene rings is 1. The topological polar surface area (TPSA) is 78.4 Å². The second-order valence-electron chi connectivity index (χ2n) is 3.95. The molecule has 6 heteroatoms. The van der Waals surface area contributed by atoms with Crippen LogP contribution in [0.15, 0.2) is 18.2 Å². The van der Waals surface area contributed by atoms with Gasteiger partial charge in [0, 0.05) is 10.7 Å². The minimum Gasteiger partial charge on any atom is -0.480 e. The van der Waals surface area contributed by atoms with E-state index in [9.17, 15) is 9.59 Å². The first kappa shape index (κ1) is 14.5. The van der Waals surface area contributed by atoms with Crippen LogP contribution in [0.5, 0.6) is 0 Å². The number of aryl methyl sites for hydroxylation is 1. The summed E-state index contributed by atoms with van der Waals surface area (Å²) in [4.78, 5) is 22.1. The fraction of sp³-hybridized carbons (Fsp3) is 0.333. The van der Waals surface area contributed by atoms with Gasteiger partial charge in [0.05, 0.1) is 6.54 Å². The van der Waals surface area contributed by atoms with Gasteiger partial charge < -0.3 is 10.4 Å². The number of anilines is 1. The second kappa shape index (κ2) is 6.37. The average molecular weight is 271 g/mol. The molecule has 1 aromatic carbocycles. The summed E-state index contributed by atoms with van der Waals surface area (Å²) in [5.74, 6) is -1.29. The molecule has 1 rings (SSSR count). The summed E-state index contributed by atoms with van der Waals surface area (Å²) < 4.78 is 0. The predicted octanol–water partition coefficient (Wildman–Crippen LogP) is 1.65. The fourth-order valence-corrected chi connectivity index (χ4v) is 1.52. The monoisotopic (exact) mass is 270 g/mol. The van der Waals surface area contributed by atoms with Gasteiger partial charge in [0.25, 0.3) is 0 Å². The number of amides is 1. The standard InChI is InChI=1S/C12H15ClN2O3/c1-7-5-9(13)3-4-10(7)15-11(16)6-14-8(2)12(17)18/h3-5,8,14H,6H2,1-2H3,(H,15,16)(H,17,18)/t8-/m1/s1. The molecule has 0 aliphatic heterocycles. The van der Waals surface area contributed by atoms with Crippen molar-refractivity contribution in [3.63, 3.8) is 0 Å². The molecule has 0 bridgehead atoms. The van der Waals surface area contributed by atoms with E-state index in [2.05, 4.69) is 10.6 Å². The van der Waals surface area contributed by atoms with E-state index in [1.165, 1.54) is 6.92 Å². The van der Waals surface area contributed by atoms with Crippen LogP contribution in [0.3, 0.4) is 0 Å².